The van der Waals surface area contributed by atoms with Crippen LogP contribution in [0.1, 0.15) is 15.9 Å². The van der Waals surface area contributed by atoms with E-state index in [1.165, 1.54) is 0 Å². The lowest BCUT2D eigenvalue weighted by atomic mass is 10.2. The smallest absolute Gasteiger partial charge is 0.161 e. The molecule has 0 aliphatic carbocycles. The highest BCUT2D eigenvalue weighted by Crippen LogP contribution is 2.28. The fourth-order valence-electron chi connectivity index (χ4n) is 1.62. The van der Waals surface area contributed by atoms with Crippen LogP contribution in [-0.4, -0.2) is 13.4 Å². The van der Waals surface area contributed by atoms with Crippen molar-refractivity contribution < 1.29 is 14.3 Å². The number of benzene rings is 2. The van der Waals surface area contributed by atoms with Crippen molar-refractivity contribution in [2.24, 2.45) is 0 Å². The summed E-state index contributed by atoms with van der Waals surface area (Å²) >= 11 is 3.39. The number of carbonyl (C=O) groups excluding carboxylic acids is 1. The van der Waals surface area contributed by atoms with Crippen molar-refractivity contribution in [3.63, 3.8) is 0 Å². The quantitative estimate of drug-likeness (QED) is 0.785. The van der Waals surface area contributed by atoms with Crippen LogP contribution in [0.3, 0.4) is 0 Å². The van der Waals surface area contributed by atoms with Crippen molar-refractivity contribution in [1.82, 2.24) is 0 Å². The van der Waals surface area contributed by atoms with Crippen LogP contribution < -0.4 is 9.47 Å². The molecule has 0 saturated carbocycles. The summed E-state index contributed by atoms with van der Waals surface area (Å²) in [7, 11) is 1.55. The van der Waals surface area contributed by atoms with Crippen LogP contribution in [0.25, 0.3) is 0 Å². The molecule has 19 heavy (non-hydrogen) atoms. The van der Waals surface area contributed by atoms with E-state index in [0.717, 1.165) is 16.3 Å². The third kappa shape index (κ3) is 3.58. The summed E-state index contributed by atoms with van der Waals surface area (Å²) in [5.41, 5.74) is 1.62. The van der Waals surface area contributed by atoms with Crippen LogP contribution in [-0.2, 0) is 6.61 Å². The Balaban J connectivity index is 2.10. The maximum absolute atomic E-state index is 10.7. The molecule has 4 heteroatoms. The van der Waals surface area contributed by atoms with E-state index in [9.17, 15) is 4.79 Å². The number of methoxy groups -OCH3 is 1. The number of halogens is 1. The lowest BCUT2D eigenvalue weighted by molar-refractivity contribution is 0.112. The van der Waals surface area contributed by atoms with Crippen molar-refractivity contribution in [2.45, 2.75) is 6.61 Å². The lowest BCUT2D eigenvalue weighted by Gasteiger charge is -2.11. The lowest BCUT2D eigenvalue weighted by Crippen LogP contribution is -1.98. The van der Waals surface area contributed by atoms with Gasteiger partial charge in [-0.3, -0.25) is 4.79 Å². The third-order valence-corrected chi connectivity index (χ3v) is 3.16. The van der Waals surface area contributed by atoms with Crippen molar-refractivity contribution >= 4 is 22.2 Å². The monoisotopic (exact) mass is 320 g/mol. The first-order chi connectivity index (χ1) is 9.22. The predicted octanol–water partition coefficient (Wildman–Crippen LogP) is 3.85. The topological polar surface area (TPSA) is 35.5 Å². The summed E-state index contributed by atoms with van der Waals surface area (Å²) in [6, 6.07) is 13.0. The molecule has 0 aromatic heterocycles. The van der Waals surface area contributed by atoms with E-state index in [1.807, 2.05) is 24.3 Å². The summed E-state index contributed by atoms with van der Waals surface area (Å²) in [5.74, 6) is 1.18. The Morgan fingerprint density at radius 1 is 1.11 bits per heavy atom. The molecule has 0 amide bonds. The molecular weight excluding hydrogens is 308 g/mol. The zero-order chi connectivity index (χ0) is 13.7. The molecule has 0 fully saturated rings. The summed E-state index contributed by atoms with van der Waals surface area (Å²) < 4.78 is 11.9. The van der Waals surface area contributed by atoms with E-state index in [4.69, 9.17) is 9.47 Å². The highest BCUT2D eigenvalue weighted by Gasteiger charge is 2.05. The first-order valence-corrected chi connectivity index (χ1v) is 6.52. The van der Waals surface area contributed by atoms with Gasteiger partial charge >= 0.3 is 0 Å². The highest BCUT2D eigenvalue weighted by molar-refractivity contribution is 9.10. The van der Waals surface area contributed by atoms with Crippen LogP contribution in [0.5, 0.6) is 11.5 Å². The number of carbonyl (C=O) groups is 1. The highest BCUT2D eigenvalue weighted by atomic mass is 79.9. The van der Waals surface area contributed by atoms with E-state index >= 15 is 0 Å². The molecule has 0 aliphatic heterocycles. The second-order valence-electron chi connectivity index (χ2n) is 3.94. The Morgan fingerprint density at radius 3 is 2.47 bits per heavy atom. The Hall–Kier alpha value is -1.81. The van der Waals surface area contributed by atoms with Gasteiger partial charge in [0.25, 0.3) is 0 Å². The number of ether oxygens (including phenoxy) is 2. The molecule has 0 spiro atoms. The fourth-order valence-corrected chi connectivity index (χ4v) is 1.88. The van der Waals surface area contributed by atoms with Gasteiger partial charge in [0.05, 0.1) is 7.11 Å². The Labute approximate surface area is 120 Å². The summed E-state index contributed by atoms with van der Waals surface area (Å²) in [6.07, 6.45) is 0.779. The third-order valence-electron chi connectivity index (χ3n) is 2.63. The minimum atomic E-state index is 0.448. The predicted molar refractivity (Wildman–Crippen MR) is 76.9 cm³/mol. The van der Waals surface area contributed by atoms with Crippen molar-refractivity contribution in [2.75, 3.05) is 7.11 Å². The molecule has 0 unspecified atom stereocenters. The molecule has 3 nitrogen and oxygen atoms in total. The standard InChI is InChI=1S/C15H13BrO3/c1-18-15-8-12(9-17)4-7-14(15)19-10-11-2-5-13(16)6-3-11/h2-9H,10H2,1H3. The normalized spacial score (nSPS) is 10.0. The first-order valence-electron chi connectivity index (χ1n) is 5.73. The van der Waals surface area contributed by atoms with Gasteiger partial charge < -0.3 is 9.47 Å². The fraction of sp³-hybridized carbons (Fsp3) is 0.133. The average molecular weight is 321 g/mol. The van der Waals surface area contributed by atoms with E-state index in [1.54, 1.807) is 25.3 Å². The van der Waals surface area contributed by atoms with Crippen LogP contribution in [0.2, 0.25) is 0 Å². The summed E-state index contributed by atoms with van der Waals surface area (Å²) in [4.78, 5) is 10.7. The van der Waals surface area contributed by atoms with Crippen LogP contribution in [0.15, 0.2) is 46.9 Å². The zero-order valence-electron chi connectivity index (χ0n) is 10.4. The van der Waals surface area contributed by atoms with Gasteiger partial charge in [0.15, 0.2) is 11.5 Å². The molecule has 2 aromatic rings. The van der Waals surface area contributed by atoms with E-state index in [-0.39, 0.29) is 0 Å². The molecule has 0 bridgehead atoms. The maximum atomic E-state index is 10.7. The van der Waals surface area contributed by atoms with E-state index < -0.39 is 0 Å². The van der Waals surface area contributed by atoms with Crippen molar-refractivity contribution in [3.8, 4) is 11.5 Å². The molecule has 0 atom stereocenters. The maximum Gasteiger partial charge on any atom is 0.161 e. The molecule has 0 saturated heterocycles. The molecule has 2 rings (SSSR count). The molecule has 0 aliphatic rings. The van der Waals surface area contributed by atoms with Crippen molar-refractivity contribution in [3.05, 3.63) is 58.1 Å². The van der Waals surface area contributed by atoms with Gasteiger partial charge in [0.2, 0.25) is 0 Å². The molecule has 0 N–H and O–H groups in total. The van der Waals surface area contributed by atoms with Gasteiger partial charge in [-0.05, 0) is 35.9 Å². The Kier molecular flexibility index (Phi) is 4.58. The summed E-state index contributed by atoms with van der Waals surface area (Å²) in [5, 5.41) is 0. The average Bonchev–Trinajstić information content (AvgIpc) is 2.46. The molecule has 0 radical (unpaired) electrons. The van der Waals surface area contributed by atoms with Crippen LogP contribution in [0, 0.1) is 0 Å². The SMILES string of the molecule is COc1cc(C=O)ccc1OCc1ccc(Br)cc1. The number of hydrogen-bond acceptors (Lipinski definition) is 3. The summed E-state index contributed by atoms with van der Waals surface area (Å²) in [6.45, 7) is 0.448. The Morgan fingerprint density at radius 2 is 1.84 bits per heavy atom. The van der Waals surface area contributed by atoms with E-state index in [0.29, 0.717) is 23.7 Å². The molecule has 0 heterocycles. The second-order valence-corrected chi connectivity index (χ2v) is 4.86. The number of hydrogen-bond donors (Lipinski definition) is 0. The zero-order valence-corrected chi connectivity index (χ0v) is 12.0. The van der Waals surface area contributed by atoms with Crippen LogP contribution in [0.4, 0.5) is 0 Å². The molecule has 2 aromatic carbocycles. The van der Waals surface area contributed by atoms with Gasteiger partial charge in [-0.15, -0.1) is 0 Å². The number of rotatable bonds is 5. The molecule has 98 valence electrons. The van der Waals surface area contributed by atoms with Gasteiger partial charge in [-0.25, -0.2) is 0 Å². The Bertz CT molecular complexity index is 564. The van der Waals surface area contributed by atoms with Gasteiger partial charge in [-0.2, -0.15) is 0 Å². The van der Waals surface area contributed by atoms with Crippen molar-refractivity contribution in [1.29, 1.82) is 0 Å². The van der Waals surface area contributed by atoms with Gasteiger partial charge in [-0.1, -0.05) is 28.1 Å². The van der Waals surface area contributed by atoms with Gasteiger partial charge in [0.1, 0.15) is 12.9 Å². The van der Waals surface area contributed by atoms with Gasteiger partial charge in [0, 0.05) is 10.0 Å². The van der Waals surface area contributed by atoms with E-state index in [2.05, 4.69) is 15.9 Å². The second kappa shape index (κ2) is 6.38. The minimum absolute atomic E-state index is 0.448. The minimum Gasteiger partial charge on any atom is -0.493 e. The molecular formula is C15H13BrO3. The van der Waals surface area contributed by atoms with Crippen LogP contribution >= 0.6 is 15.9 Å². The first kappa shape index (κ1) is 13.6. The number of aldehydes is 1. The largest absolute Gasteiger partial charge is 0.493 e.